The van der Waals surface area contributed by atoms with Gasteiger partial charge in [-0.1, -0.05) is 35.9 Å². The number of primary sulfonamides is 1. The summed E-state index contributed by atoms with van der Waals surface area (Å²) in [5, 5.41) is 15.2. The number of aryl methyl sites for hydroxylation is 3. The molecule has 2 aromatic carbocycles. The highest BCUT2D eigenvalue weighted by Crippen LogP contribution is 2.24. The number of guanidine groups is 1. The lowest BCUT2D eigenvalue weighted by atomic mass is 10.1. The first-order chi connectivity index (χ1) is 16.5. The van der Waals surface area contributed by atoms with Crippen LogP contribution in [0.5, 0.6) is 0 Å². The molecule has 35 heavy (non-hydrogen) atoms. The fourth-order valence-corrected chi connectivity index (χ4v) is 4.04. The van der Waals surface area contributed by atoms with Crippen LogP contribution in [0.2, 0.25) is 5.02 Å². The molecular formula is C23H26ClN7O2S2. The topological polar surface area (TPSA) is 134 Å². The Morgan fingerprint density at radius 3 is 2.34 bits per heavy atom. The zero-order valence-corrected chi connectivity index (χ0v) is 21.9. The number of hydrogen-bond acceptors (Lipinski definition) is 6. The predicted molar refractivity (Wildman–Crippen MR) is 144 cm³/mol. The molecule has 12 heteroatoms. The van der Waals surface area contributed by atoms with E-state index < -0.39 is 10.0 Å². The van der Waals surface area contributed by atoms with Crippen LogP contribution in [-0.4, -0.2) is 36.0 Å². The number of benzene rings is 2. The SMILES string of the molecule is Cc1cc(C)nc(NC(=NCCc2ccc(S(N)(=O)=O)cc2)NC(=S)Nc2cccc(C)c2Cl)n1. The van der Waals surface area contributed by atoms with Crippen molar-refractivity contribution < 1.29 is 8.42 Å². The monoisotopic (exact) mass is 531 g/mol. The van der Waals surface area contributed by atoms with Crippen LogP contribution in [0.1, 0.15) is 22.5 Å². The predicted octanol–water partition coefficient (Wildman–Crippen LogP) is 3.70. The third kappa shape index (κ3) is 7.96. The minimum absolute atomic E-state index is 0.0620. The van der Waals surface area contributed by atoms with E-state index in [0.29, 0.717) is 35.6 Å². The van der Waals surface area contributed by atoms with Gasteiger partial charge >= 0.3 is 0 Å². The van der Waals surface area contributed by atoms with Crippen molar-refractivity contribution in [2.45, 2.75) is 32.1 Å². The van der Waals surface area contributed by atoms with Gasteiger partial charge in [0.05, 0.1) is 15.6 Å². The Morgan fingerprint density at radius 2 is 1.71 bits per heavy atom. The van der Waals surface area contributed by atoms with Crippen molar-refractivity contribution in [3.8, 4) is 0 Å². The van der Waals surface area contributed by atoms with Crippen molar-refractivity contribution in [2.24, 2.45) is 10.1 Å². The van der Waals surface area contributed by atoms with Crippen LogP contribution < -0.4 is 21.1 Å². The average molecular weight is 532 g/mol. The second kappa shape index (κ2) is 11.5. The number of nitrogens with one attached hydrogen (secondary N) is 3. The van der Waals surface area contributed by atoms with Crippen LogP contribution in [-0.2, 0) is 16.4 Å². The molecule has 0 radical (unpaired) electrons. The minimum Gasteiger partial charge on any atom is -0.331 e. The van der Waals surface area contributed by atoms with Gasteiger partial charge in [-0.2, -0.15) is 0 Å². The molecule has 184 valence electrons. The van der Waals surface area contributed by atoms with Crippen LogP contribution in [0.4, 0.5) is 11.6 Å². The molecule has 0 saturated heterocycles. The summed E-state index contributed by atoms with van der Waals surface area (Å²) in [6, 6.07) is 13.8. The lowest BCUT2D eigenvalue weighted by Crippen LogP contribution is -2.39. The zero-order chi connectivity index (χ0) is 25.6. The fraction of sp³-hybridized carbons (Fsp3) is 0.217. The van der Waals surface area contributed by atoms with Crippen LogP contribution in [0.25, 0.3) is 0 Å². The first kappa shape index (κ1) is 26.5. The van der Waals surface area contributed by atoms with Gasteiger partial charge in [0, 0.05) is 17.9 Å². The second-order valence-corrected chi connectivity index (χ2v) is 10.1. The van der Waals surface area contributed by atoms with Crippen molar-refractivity contribution in [1.29, 1.82) is 0 Å². The molecule has 3 rings (SSSR count). The summed E-state index contributed by atoms with van der Waals surface area (Å²) in [4.78, 5) is 13.4. The summed E-state index contributed by atoms with van der Waals surface area (Å²) >= 11 is 11.8. The third-order valence-electron chi connectivity index (χ3n) is 4.81. The van der Waals surface area contributed by atoms with Crippen molar-refractivity contribution in [2.75, 3.05) is 17.2 Å². The highest BCUT2D eigenvalue weighted by molar-refractivity contribution is 7.89. The summed E-state index contributed by atoms with van der Waals surface area (Å²) in [7, 11) is -3.73. The molecule has 3 aromatic rings. The fourth-order valence-electron chi connectivity index (χ4n) is 3.15. The maximum absolute atomic E-state index is 11.4. The van der Waals surface area contributed by atoms with E-state index in [9.17, 15) is 8.42 Å². The summed E-state index contributed by atoms with van der Waals surface area (Å²) in [6.07, 6.45) is 0.551. The molecule has 0 bridgehead atoms. The average Bonchev–Trinajstić information content (AvgIpc) is 2.76. The number of anilines is 2. The Bertz CT molecular complexity index is 1340. The summed E-state index contributed by atoms with van der Waals surface area (Å²) < 4.78 is 22.9. The van der Waals surface area contributed by atoms with E-state index in [4.69, 9.17) is 29.0 Å². The number of halogens is 1. The lowest BCUT2D eigenvalue weighted by molar-refractivity contribution is 0.598. The third-order valence-corrected chi connectivity index (χ3v) is 6.44. The normalized spacial score (nSPS) is 11.7. The molecular weight excluding hydrogens is 506 g/mol. The number of nitrogens with two attached hydrogens (primary N) is 1. The van der Waals surface area contributed by atoms with Crippen LogP contribution in [0.3, 0.4) is 0 Å². The number of rotatable bonds is 6. The molecule has 1 heterocycles. The van der Waals surface area contributed by atoms with Gasteiger partial charge in [0.1, 0.15) is 0 Å². The Balaban J connectivity index is 1.75. The molecule has 5 N–H and O–H groups in total. The largest absolute Gasteiger partial charge is 0.331 e. The van der Waals surface area contributed by atoms with Gasteiger partial charge in [-0.3, -0.25) is 10.3 Å². The van der Waals surface area contributed by atoms with E-state index >= 15 is 0 Å². The molecule has 0 spiro atoms. The van der Waals surface area contributed by atoms with Crippen LogP contribution in [0.15, 0.2) is 58.4 Å². The van der Waals surface area contributed by atoms with Crippen molar-refractivity contribution in [1.82, 2.24) is 15.3 Å². The smallest absolute Gasteiger partial charge is 0.238 e. The first-order valence-electron chi connectivity index (χ1n) is 10.6. The van der Waals surface area contributed by atoms with E-state index in [0.717, 1.165) is 22.5 Å². The molecule has 9 nitrogen and oxygen atoms in total. The second-order valence-electron chi connectivity index (χ2n) is 7.78. The maximum atomic E-state index is 11.4. The maximum Gasteiger partial charge on any atom is 0.238 e. The molecule has 0 saturated carbocycles. The van der Waals surface area contributed by atoms with Crippen LogP contribution >= 0.6 is 23.8 Å². The van der Waals surface area contributed by atoms with E-state index in [1.807, 2.05) is 45.0 Å². The summed E-state index contributed by atoms with van der Waals surface area (Å²) in [6.45, 7) is 6.04. The molecule has 0 atom stereocenters. The zero-order valence-electron chi connectivity index (χ0n) is 19.5. The molecule has 0 aliphatic rings. The molecule has 1 aromatic heterocycles. The number of sulfonamides is 1. The van der Waals surface area contributed by atoms with Gasteiger partial charge < -0.3 is 10.6 Å². The van der Waals surface area contributed by atoms with Crippen LogP contribution in [0, 0.1) is 20.8 Å². The van der Waals surface area contributed by atoms with Gasteiger partial charge in [-0.15, -0.1) is 0 Å². The van der Waals surface area contributed by atoms with Crippen molar-refractivity contribution in [3.05, 3.63) is 76.1 Å². The molecule has 0 fully saturated rings. The molecule has 0 amide bonds. The number of nitrogens with zero attached hydrogens (tertiary/aromatic N) is 3. The van der Waals surface area contributed by atoms with E-state index in [1.54, 1.807) is 12.1 Å². The standard InChI is InChI=1S/C23H26ClN7O2S2/c1-14-5-4-6-19(20(14)24)29-23(34)31-21(30-22-27-15(2)13-16(3)28-22)26-12-11-17-7-9-18(10-8-17)35(25,32)33/h4-10,13H,11-12H2,1-3H3,(H2,25,32,33)(H3,26,27,28,29,30,31,34). The van der Waals surface area contributed by atoms with Gasteiger partial charge in [0.2, 0.25) is 21.9 Å². The Hall–Kier alpha value is -3.12. The number of thiocarbonyl (C=S) groups is 1. The molecule has 0 unspecified atom stereocenters. The highest BCUT2D eigenvalue weighted by Gasteiger charge is 2.10. The summed E-state index contributed by atoms with van der Waals surface area (Å²) in [5.41, 5.74) is 4.10. The van der Waals surface area contributed by atoms with Gasteiger partial charge in [0.25, 0.3) is 0 Å². The van der Waals surface area contributed by atoms with Crippen molar-refractivity contribution in [3.63, 3.8) is 0 Å². The van der Waals surface area contributed by atoms with Gasteiger partial charge in [-0.25, -0.2) is 23.5 Å². The lowest BCUT2D eigenvalue weighted by Gasteiger charge is -2.15. The Morgan fingerprint density at radius 1 is 1.06 bits per heavy atom. The Kier molecular flexibility index (Phi) is 8.73. The van der Waals surface area contributed by atoms with Crippen molar-refractivity contribution >= 4 is 56.5 Å². The number of aromatic nitrogens is 2. The number of aliphatic imine (C=N–C) groups is 1. The Labute approximate surface area is 215 Å². The van der Waals surface area contributed by atoms with E-state index in [2.05, 4.69) is 30.9 Å². The molecule has 0 aliphatic carbocycles. The minimum atomic E-state index is -3.73. The molecule has 0 aliphatic heterocycles. The first-order valence-corrected chi connectivity index (χ1v) is 12.9. The summed E-state index contributed by atoms with van der Waals surface area (Å²) in [5.74, 6) is 0.722. The quantitative estimate of drug-likeness (QED) is 0.215. The van der Waals surface area contributed by atoms with E-state index in [1.165, 1.54) is 12.1 Å². The highest BCUT2D eigenvalue weighted by atomic mass is 35.5. The van der Waals surface area contributed by atoms with Gasteiger partial charge in [0.15, 0.2) is 5.11 Å². The number of hydrogen-bond donors (Lipinski definition) is 4. The van der Waals surface area contributed by atoms with E-state index in [-0.39, 0.29) is 10.0 Å². The van der Waals surface area contributed by atoms with Gasteiger partial charge in [-0.05, 0) is 74.8 Å².